The molecule has 0 heterocycles. The molecule has 1 aromatic carbocycles. The van der Waals surface area contributed by atoms with Gasteiger partial charge in [-0.1, -0.05) is 56.7 Å². The lowest BCUT2D eigenvalue weighted by Gasteiger charge is -2.60. The van der Waals surface area contributed by atoms with Crippen molar-refractivity contribution in [3.05, 3.63) is 59.2 Å². The Labute approximate surface area is 231 Å². The van der Waals surface area contributed by atoms with Gasteiger partial charge in [0.05, 0.1) is 6.10 Å². The van der Waals surface area contributed by atoms with Gasteiger partial charge >= 0.3 is 0 Å². The van der Waals surface area contributed by atoms with Crippen molar-refractivity contribution in [3.63, 3.8) is 0 Å². The number of alkyl halides is 1. The van der Waals surface area contributed by atoms with Crippen LogP contribution in [-0.4, -0.2) is 65.8 Å². The zero-order chi connectivity index (χ0) is 28.5. The normalized spacial score (nSPS) is 41.1. The fraction of sp³-hybridized carbons (Fsp3) is 0.625. The summed E-state index contributed by atoms with van der Waals surface area (Å²) in [6.45, 7) is 8.64. The van der Waals surface area contributed by atoms with Gasteiger partial charge < -0.3 is 10.0 Å². The minimum Gasteiger partial charge on any atom is -0.393 e. The van der Waals surface area contributed by atoms with Crippen molar-refractivity contribution in [2.45, 2.75) is 71.4 Å². The quantitative estimate of drug-likeness (QED) is 0.553. The van der Waals surface area contributed by atoms with Gasteiger partial charge in [-0.3, -0.25) is 14.4 Å². The zero-order valence-corrected chi connectivity index (χ0v) is 24.3. The predicted octanol–water partition coefficient (Wildman–Crippen LogP) is 4.66. The minimum absolute atomic E-state index is 0.0276. The lowest BCUT2D eigenvalue weighted by molar-refractivity contribution is -0.290. The SMILES string of the molecule is Cc1ccc(CN(C)O[C@]2(C(=O)N(C)C)[C@H](C)CC3C4C[C@H](F)C5=CC(=O)C=CC5(C)C4C(O)CC32C)cc1. The van der Waals surface area contributed by atoms with E-state index in [1.807, 2.05) is 27.0 Å². The van der Waals surface area contributed by atoms with Crippen LogP contribution < -0.4 is 0 Å². The van der Waals surface area contributed by atoms with E-state index in [2.05, 4.69) is 38.1 Å². The number of aryl methyl sites for hydroxylation is 1. The van der Waals surface area contributed by atoms with Crippen molar-refractivity contribution < 1.29 is 23.9 Å². The first kappa shape index (κ1) is 28.2. The summed E-state index contributed by atoms with van der Waals surface area (Å²) in [6, 6.07) is 8.24. The molecule has 5 rings (SSSR count). The second-order valence-electron chi connectivity index (χ2n) is 13.2. The molecule has 0 aliphatic heterocycles. The molecule has 39 heavy (non-hydrogen) atoms. The lowest BCUT2D eigenvalue weighted by atomic mass is 9.46. The molecule has 0 bridgehead atoms. The van der Waals surface area contributed by atoms with Crippen LogP contribution in [0.5, 0.6) is 0 Å². The topological polar surface area (TPSA) is 70.1 Å². The number of ketones is 1. The maximum absolute atomic E-state index is 15.8. The first-order valence-electron chi connectivity index (χ1n) is 14.2. The molecule has 1 aromatic rings. The van der Waals surface area contributed by atoms with Gasteiger partial charge in [-0.25, -0.2) is 4.39 Å². The summed E-state index contributed by atoms with van der Waals surface area (Å²) >= 11 is 0. The second-order valence-corrected chi connectivity index (χ2v) is 13.2. The highest BCUT2D eigenvalue weighted by atomic mass is 19.1. The van der Waals surface area contributed by atoms with Gasteiger partial charge in [-0.15, -0.1) is 0 Å². The molecule has 6 unspecified atom stereocenters. The molecule has 1 amide bonds. The average Bonchev–Trinajstić information content (AvgIpc) is 3.07. The van der Waals surface area contributed by atoms with Crippen molar-refractivity contribution in [1.82, 2.24) is 9.96 Å². The largest absolute Gasteiger partial charge is 0.393 e. The van der Waals surface area contributed by atoms with Crippen molar-refractivity contribution in [2.75, 3.05) is 21.1 Å². The Morgan fingerprint density at radius 2 is 1.82 bits per heavy atom. The van der Waals surface area contributed by atoms with E-state index in [1.165, 1.54) is 17.7 Å². The van der Waals surface area contributed by atoms with Crippen LogP contribution in [0.15, 0.2) is 48.1 Å². The van der Waals surface area contributed by atoms with E-state index in [1.54, 1.807) is 24.1 Å². The summed E-state index contributed by atoms with van der Waals surface area (Å²) in [6.07, 6.45) is 4.02. The predicted molar refractivity (Wildman–Crippen MR) is 148 cm³/mol. The zero-order valence-electron chi connectivity index (χ0n) is 24.3. The third-order valence-electron chi connectivity index (χ3n) is 10.6. The molecule has 0 saturated heterocycles. The Hall–Kier alpha value is -2.35. The number of benzene rings is 1. The molecular weight excluding hydrogens is 495 g/mol. The molecule has 4 aliphatic carbocycles. The van der Waals surface area contributed by atoms with E-state index in [0.29, 0.717) is 25.0 Å². The van der Waals surface area contributed by atoms with Crippen molar-refractivity contribution >= 4 is 11.7 Å². The molecule has 212 valence electrons. The summed E-state index contributed by atoms with van der Waals surface area (Å²) in [5.41, 5.74) is 0.0595. The number of fused-ring (bicyclic) bond motifs is 5. The molecule has 0 aromatic heterocycles. The summed E-state index contributed by atoms with van der Waals surface area (Å²) in [4.78, 5) is 34.7. The number of carbonyl (C=O) groups excluding carboxylic acids is 2. The van der Waals surface area contributed by atoms with E-state index in [-0.39, 0.29) is 41.8 Å². The van der Waals surface area contributed by atoms with Gasteiger partial charge in [0.2, 0.25) is 0 Å². The van der Waals surface area contributed by atoms with Crippen LogP contribution in [0.3, 0.4) is 0 Å². The number of hydrogen-bond donors (Lipinski definition) is 1. The highest BCUT2D eigenvalue weighted by molar-refractivity contribution is 6.01. The van der Waals surface area contributed by atoms with E-state index in [0.717, 1.165) is 5.56 Å². The first-order valence-corrected chi connectivity index (χ1v) is 14.2. The summed E-state index contributed by atoms with van der Waals surface area (Å²) in [5.74, 6) is -0.891. The van der Waals surface area contributed by atoms with E-state index in [9.17, 15) is 14.7 Å². The fourth-order valence-corrected chi connectivity index (χ4v) is 8.90. The number of halogens is 1. The number of carbonyl (C=O) groups is 2. The van der Waals surface area contributed by atoms with Crippen LogP contribution in [0.25, 0.3) is 0 Å². The molecule has 0 spiro atoms. The number of aliphatic hydroxyl groups excluding tert-OH is 1. The molecule has 1 N–H and O–H groups in total. The lowest BCUT2D eigenvalue weighted by Crippen LogP contribution is -2.66. The maximum Gasteiger partial charge on any atom is 0.257 e. The van der Waals surface area contributed by atoms with Crippen LogP contribution >= 0.6 is 0 Å². The Morgan fingerprint density at radius 1 is 1.15 bits per heavy atom. The van der Waals surface area contributed by atoms with Gasteiger partial charge in [0.25, 0.3) is 5.91 Å². The third kappa shape index (κ3) is 4.15. The molecular formula is C32H43FN2O4. The Kier molecular flexibility index (Phi) is 6.96. The van der Waals surface area contributed by atoms with Gasteiger partial charge in [-0.05, 0) is 67.2 Å². The Bertz CT molecular complexity index is 1210. The average molecular weight is 539 g/mol. The van der Waals surface area contributed by atoms with Crippen LogP contribution in [0.2, 0.25) is 0 Å². The van der Waals surface area contributed by atoms with Gasteiger partial charge in [0.1, 0.15) is 6.17 Å². The summed E-state index contributed by atoms with van der Waals surface area (Å²) in [5, 5.41) is 13.6. The van der Waals surface area contributed by atoms with Gasteiger partial charge in [0, 0.05) is 44.4 Å². The highest BCUT2D eigenvalue weighted by Crippen LogP contribution is 2.69. The van der Waals surface area contributed by atoms with Gasteiger partial charge in [0.15, 0.2) is 11.4 Å². The van der Waals surface area contributed by atoms with Crippen LogP contribution in [0.1, 0.15) is 51.2 Å². The fourth-order valence-electron chi connectivity index (χ4n) is 8.90. The van der Waals surface area contributed by atoms with Crippen LogP contribution in [0.4, 0.5) is 4.39 Å². The first-order chi connectivity index (χ1) is 18.2. The molecule has 3 saturated carbocycles. The van der Waals surface area contributed by atoms with E-state index >= 15 is 4.39 Å². The summed E-state index contributed by atoms with van der Waals surface area (Å²) < 4.78 is 15.8. The monoisotopic (exact) mass is 538 g/mol. The number of allylic oxidation sites excluding steroid dienone is 4. The van der Waals surface area contributed by atoms with Crippen molar-refractivity contribution in [3.8, 4) is 0 Å². The van der Waals surface area contributed by atoms with Crippen LogP contribution in [0, 0.1) is 41.4 Å². The maximum atomic E-state index is 15.8. The number of rotatable bonds is 5. The number of aliphatic hydroxyl groups is 1. The van der Waals surface area contributed by atoms with E-state index in [4.69, 9.17) is 4.84 Å². The van der Waals surface area contributed by atoms with E-state index < -0.39 is 28.7 Å². The third-order valence-corrected chi connectivity index (χ3v) is 10.6. The number of amides is 1. The Morgan fingerprint density at radius 3 is 2.46 bits per heavy atom. The molecule has 0 radical (unpaired) electrons. The Balaban J connectivity index is 1.54. The van der Waals surface area contributed by atoms with Crippen molar-refractivity contribution in [1.29, 1.82) is 0 Å². The second kappa shape index (κ2) is 9.64. The van der Waals surface area contributed by atoms with Crippen molar-refractivity contribution in [2.24, 2.45) is 34.5 Å². The summed E-state index contributed by atoms with van der Waals surface area (Å²) in [7, 11) is 5.36. The number of nitrogens with zero attached hydrogens (tertiary/aromatic N) is 2. The molecule has 7 heteroatoms. The molecule has 9 atom stereocenters. The number of hydrogen-bond acceptors (Lipinski definition) is 5. The molecule has 3 fully saturated rings. The van der Waals surface area contributed by atoms with Gasteiger partial charge in [-0.2, -0.15) is 5.06 Å². The van der Waals surface area contributed by atoms with Crippen LogP contribution in [-0.2, 0) is 21.0 Å². The smallest absolute Gasteiger partial charge is 0.257 e. The number of hydroxylamine groups is 2. The highest BCUT2D eigenvalue weighted by Gasteiger charge is 2.73. The molecule has 6 nitrogen and oxygen atoms in total. The number of likely N-dealkylation sites (N-methyl/N-ethyl adjacent to an activating group) is 1. The minimum atomic E-state index is -1.26. The molecule has 4 aliphatic rings. The standard InChI is InChI=1S/C32H43FN2O4/c1-19-8-10-21(11-9-19)18-35(7)39-32(29(38)34(5)6)20(2)14-24-23-16-26(33)25-15-22(36)12-13-30(25,3)28(23)27(37)17-31(24,32)4/h8-13,15,20,23-24,26-28,37H,14,16-18H2,1-7H3/t20-,23?,24?,26+,27?,28?,30?,31?,32+/m1/s1.